The molecule has 1 aromatic heterocycles. The minimum atomic E-state index is -3.67. The van der Waals surface area contributed by atoms with Gasteiger partial charge in [-0.15, -0.1) is 11.3 Å². The molecule has 0 fully saturated rings. The van der Waals surface area contributed by atoms with E-state index in [1.807, 2.05) is 6.07 Å². The first-order valence-electron chi connectivity index (χ1n) is 5.54. The number of sulfonamides is 1. The van der Waals surface area contributed by atoms with Gasteiger partial charge >= 0.3 is 0 Å². The molecule has 0 aliphatic carbocycles. The minimum Gasteiger partial charge on any atom is -0.495 e. The SMILES string of the molecule is COc1cc(Br)cc(C)c1NS(=O)(=O)c1cc(N)cs1. The third-order valence-corrected chi connectivity index (χ3v) is 5.85. The third-order valence-electron chi connectivity index (χ3n) is 2.58. The first-order chi connectivity index (χ1) is 9.33. The normalized spacial score (nSPS) is 11.3. The van der Waals surface area contributed by atoms with Gasteiger partial charge in [0.15, 0.2) is 0 Å². The van der Waals surface area contributed by atoms with E-state index < -0.39 is 10.0 Å². The summed E-state index contributed by atoms with van der Waals surface area (Å²) in [7, 11) is -2.18. The second-order valence-corrected chi connectivity index (χ2v) is 7.84. The molecule has 0 saturated carbocycles. The minimum absolute atomic E-state index is 0.166. The molecule has 2 rings (SSSR count). The van der Waals surface area contributed by atoms with E-state index in [1.54, 1.807) is 18.4 Å². The van der Waals surface area contributed by atoms with Gasteiger partial charge in [0.25, 0.3) is 10.0 Å². The lowest BCUT2D eigenvalue weighted by atomic mass is 10.2. The summed E-state index contributed by atoms with van der Waals surface area (Å²) in [5.74, 6) is 0.449. The van der Waals surface area contributed by atoms with Crippen LogP contribution in [0.4, 0.5) is 11.4 Å². The highest BCUT2D eigenvalue weighted by atomic mass is 79.9. The number of benzene rings is 1. The quantitative estimate of drug-likeness (QED) is 0.857. The van der Waals surface area contributed by atoms with Crippen LogP contribution in [0.25, 0.3) is 0 Å². The smallest absolute Gasteiger partial charge is 0.271 e. The van der Waals surface area contributed by atoms with E-state index in [0.717, 1.165) is 21.4 Å². The fourth-order valence-electron chi connectivity index (χ4n) is 1.66. The summed E-state index contributed by atoms with van der Waals surface area (Å²) in [5, 5.41) is 1.58. The van der Waals surface area contributed by atoms with Crippen LogP contribution >= 0.6 is 27.3 Å². The summed E-state index contributed by atoms with van der Waals surface area (Å²) in [5.41, 5.74) is 7.16. The first kappa shape index (κ1) is 15.1. The Balaban J connectivity index is 2.44. The molecule has 0 unspecified atom stereocenters. The van der Waals surface area contributed by atoms with Crippen LogP contribution in [0, 0.1) is 6.92 Å². The summed E-state index contributed by atoms with van der Waals surface area (Å²) >= 11 is 4.42. The van der Waals surface area contributed by atoms with Crippen molar-refractivity contribution in [1.29, 1.82) is 0 Å². The van der Waals surface area contributed by atoms with Gasteiger partial charge in [-0.3, -0.25) is 4.72 Å². The molecule has 0 amide bonds. The van der Waals surface area contributed by atoms with Gasteiger partial charge in [0.05, 0.1) is 12.8 Å². The highest BCUT2D eigenvalue weighted by molar-refractivity contribution is 9.10. The molecule has 1 heterocycles. The van der Waals surface area contributed by atoms with Crippen LogP contribution in [0.15, 0.2) is 32.3 Å². The average Bonchev–Trinajstić information content (AvgIpc) is 2.80. The number of hydrogen-bond acceptors (Lipinski definition) is 5. The van der Waals surface area contributed by atoms with Gasteiger partial charge < -0.3 is 10.5 Å². The number of hydrogen-bond donors (Lipinski definition) is 2. The standard InChI is InChI=1S/C12H13BrN2O3S2/c1-7-3-8(13)4-10(18-2)12(7)15-20(16,17)11-5-9(14)6-19-11/h3-6,15H,14H2,1-2H3. The molecule has 3 N–H and O–H groups in total. The molecule has 0 saturated heterocycles. The molecule has 0 aliphatic heterocycles. The zero-order valence-corrected chi connectivity index (χ0v) is 14.0. The van der Waals surface area contributed by atoms with Crippen molar-refractivity contribution in [3.63, 3.8) is 0 Å². The Bertz CT molecular complexity index is 741. The number of nitrogens with two attached hydrogens (primary N) is 1. The number of nitrogens with one attached hydrogen (secondary N) is 1. The third kappa shape index (κ3) is 3.08. The molecule has 8 heteroatoms. The Hall–Kier alpha value is -1.25. The lowest BCUT2D eigenvalue weighted by molar-refractivity contribution is 0.416. The van der Waals surface area contributed by atoms with Crippen LogP contribution < -0.4 is 15.2 Å². The lowest BCUT2D eigenvalue weighted by Gasteiger charge is -2.14. The van der Waals surface area contributed by atoms with Crippen LogP contribution in [0.1, 0.15) is 5.56 Å². The van der Waals surface area contributed by atoms with Gasteiger partial charge in [0.2, 0.25) is 0 Å². The average molecular weight is 377 g/mol. The second-order valence-electron chi connectivity index (χ2n) is 4.10. The number of aryl methyl sites for hydroxylation is 1. The highest BCUT2D eigenvalue weighted by Crippen LogP contribution is 2.34. The molecule has 0 atom stereocenters. The molecule has 0 aliphatic rings. The van der Waals surface area contributed by atoms with Crippen LogP contribution in [-0.2, 0) is 10.0 Å². The maximum absolute atomic E-state index is 12.3. The second kappa shape index (κ2) is 5.63. The van der Waals surface area contributed by atoms with Crippen molar-refractivity contribution in [2.75, 3.05) is 17.6 Å². The lowest BCUT2D eigenvalue weighted by Crippen LogP contribution is -2.13. The summed E-state index contributed by atoms with van der Waals surface area (Å²) < 4.78 is 33.3. The molecule has 108 valence electrons. The molecule has 5 nitrogen and oxygen atoms in total. The predicted molar refractivity (Wildman–Crippen MR) is 85.0 cm³/mol. The van der Waals surface area contributed by atoms with Crippen molar-refractivity contribution in [1.82, 2.24) is 0 Å². The molecule has 1 aromatic carbocycles. The van der Waals surface area contributed by atoms with Crippen molar-refractivity contribution in [2.24, 2.45) is 0 Å². The summed E-state index contributed by atoms with van der Waals surface area (Å²) in [6, 6.07) is 4.93. The highest BCUT2D eigenvalue weighted by Gasteiger charge is 2.20. The molecular formula is C12H13BrN2O3S2. The van der Waals surface area contributed by atoms with Crippen molar-refractivity contribution in [3.8, 4) is 5.75 Å². The Kier molecular flexibility index (Phi) is 4.26. The van der Waals surface area contributed by atoms with E-state index >= 15 is 0 Å². The molecular weight excluding hydrogens is 364 g/mol. The topological polar surface area (TPSA) is 81.4 Å². The summed E-state index contributed by atoms with van der Waals surface area (Å²) in [4.78, 5) is 0. The largest absolute Gasteiger partial charge is 0.495 e. The van der Waals surface area contributed by atoms with Gasteiger partial charge in [-0.05, 0) is 30.7 Å². The van der Waals surface area contributed by atoms with E-state index in [-0.39, 0.29) is 4.21 Å². The van der Waals surface area contributed by atoms with Crippen LogP contribution in [-0.4, -0.2) is 15.5 Å². The summed E-state index contributed by atoms with van der Waals surface area (Å²) in [6.07, 6.45) is 0. The molecule has 0 spiro atoms. The van der Waals surface area contributed by atoms with E-state index in [9.17, 15) is 8.42 Å². The maximum atomic E-state index is 12.3. The Morgan fingerprint density at radius 3 is 2.60 bits per heavy atom. The monoisotopic (exact) mass is 376 g/mol. The first-order valence-corrected chi connectivity index (χ1v) is 8.70. The van der Waals surface area contributed by atoms with Gasteiger partial charge in [0.1, 0.15) is 9.96 Å². The molecule has 0 bridgehead atoms. The van der Waals surface area contributed by atoms with Crippen molar-refractivity contribution in [3.05, 3.63) is 33.6 Å². The van der Waals surface area contributed by atoms with E-state index in [1.165, 1.54) is 13.2 Å². The molecule has 0 radical (unpaired) electrons. The van der Waals surface area contributed by atoms with Gasteiger partial charge in [-0.1, -0.05) is 15.9 Å². The van der Waals surface area contributed by atoms with Crippen LogP contribution in [0.3, 0.4) is 0 Å². The molecule has 2 aromatic rings. The number of thiophene rings is 1. The van der Waals surface area contributed by atoms with Crippen LogP contribution in [0.5, 0.6) is 5.75 Å². The zero-order valence-electron chi connectivity index (χ0n) is 10.8. The Labute approximate surface area is 129 Å². The van der Waals surface area contributed by atoms with Gasteiger partial charge in [-0.25, -0.2) is 8.42 Å². The van der Waals surface area contributed by atoms with E-state index in [0.29, 0.717) is 17.1 Å². The number of rotatable bonds is 4. The predicted octanol–water partition coefficient (Wildman–Crippen LogP) is 3.21. The van der Waals surface area contributed by atoms with Gasteiger partial charge in [-0.2, -0.15) is 0 Å². The number of ether oxygens (including phenoxy) is 1. The molecule has 20 heavy (non-hydrogen) atoms. The number of anilines is 2. The fraction of sp³-hybridized carbons (Fsp3) is 0.167. The van der Waals surface area contributed by atoms with Gasteiger partial charge in [0, 0.05) is 15.5 Å². The zero-order chi connectivity index (χ0) is 14.9. The Morgan fingerprint density at radius 2 is 2.05 bits per heavy atom. The van der Waals surface area contributed by atoms with Crippen LogP contribution in [0.2, 0.25) is 0 Å². The van der Waals surface area contributed by atoms with E-state index in [4.69, 9.17) is 10.5 Å². The van der Waals surface area contributed by atoms with Crippen molar-refractivity contribution < 1.29 is 13.2 Å². The number of nitrogen functional groups attached to an aromatic ring is 1. The van der Waals surface area contributed by atoms with Crippen molar-refractivity contribution in [2.45, 2.75) is 11.1 Å². The fourth-order valence-corrected chi connectivity index (χ4v) is 4.43. The number of methoxy groups -OCH3 is 1. The summed E-state index contributed by atoms with van der Waals surface area (Å²) in [6.45, 7) is 1.80. The Morgan fingerprint density at radius 1 is 1.35 bits per heavy atom. The van der Waals surface area contributed by atoms with E-state index in [2.05, 4.69) is 20.7 Å². The van der Waals surface area contributed by atoms with Crippen molar-refractivity contribution >= 4 is 48.7 Å². The maximum Gasteiger partial charge on any atom is 0.271 e. The number of halogens is 1.